The maximum atomic E-state index is 12.4. The minimum atomic E-state index is -1.10. The van der Waals surface area contributed by atoms with E-state index >= 15 is 0 Å². The number of carbonyl (C=O) groups is 3. The molecule has 4 rings (SSSR count). The van der Waals surface area contributed by atoms with Crippen molar-refractivity contribution in [3.8, 4) is 0 Å². The van der Waals surface area contributed by atoms with Gasteiger partial charge in [-0.3, -0.25) is 15.5 Å². The van der Waals surface area contributed by atoms with Crippen molar-refractivity contribution in [3.63, 3.8) is 0 Å². The van der Waals surface area contributed by atoms with Crippen LogP contribution in [0, 0.1) is 0 Å². The monoisotopic (exact) mass is 533 g/mol. The van der Waals surface area contributed by atoms with Crippen LogP contribution >= 0.6 is 0 Å². The highest BCUT2D eigenvalue weighted by atomic mass is 16.5. The number of hydrogen-bond donors (Lipinski definition) is 5. The Labute approximate surface area is 226 Å². The number of benzene rings is 3. The second-order valence-electron chi connectivity index (χ2n) is 8.87. The van der Waals surface area contributed by atoms with Crippen molar-refractivity contribution in [1.82, 2.24) is 4.90 Å². The first-order valence-corrected chi connectivity index (χ1v) is 12.5. The highest BCUT2D eigenvalue weighted by Gasteiger charge is 2.11. The third kappa shape index (κ3) is 9.33. The summed E-state index contributed by atoms with van der Waals surface area (Å²) in [5.41, 5.74) is 4.35. The number of morpholine rings is 1. The van der Waals surface area contributed by atoms with Crippen LogP contribution in [0.15, 0.2) is 72.8 Å². The van der Waals surface area contributed by atoms with Gasteiger partial charge in [-0.2, -0.15) is 0 Å². The molecule has 11 heteroatoms. The summed E-state index contributed by atoms with van der Waals surface area (Å²) in [5.74, 6) is 0. The topological polar surface area (TPSA) is 141 Å². The van der Waals surface area contributed by atoms with Crippen LogP contribution < -0.4 is 21.3 Å². The number of urea groups is 1. The first-order chi connectivity index (χ1) is 18.9. The molecule has 5 N–H and O–H groups in total. The van der Waals surface area contributed by atoms with E-state index in [0.717, 1.165) is 24.2 Å². The molecule has 0 unspecified atom stereocenters. The van der Waals surface area contributed by atoms with Crippen LogP contribution in [0.1, 0.15) is 11.1 Å². The molecule has 0 aliphatic carbocycles. The number of nitrogens with zero attached hydrogens (tertiary/aromatic N) is 1. The Bertz CT molecular complexity index is 1240. The third-order valence-electron chi connectivity index (χ3n) is 5.96. The zero-order chi connectivity index (χ0) is 27.5. The van der Waals surface area contributed by atoms with Gasteiger partial charge in [-0.1, -0.05) is 24.3 Å². The molecule has 3 aromatic rings. The van der Waals surface area contributed by atoms with Crippen molar-refractivity contribution in [1.29, 1.82) is 0 Å². The molecule has 1 heterocycles. The van der Waals surface area contributed by atoms with Crippen molar-refractivity contribution in [3.05, 3.63) is 83.9 Å². The summed E-state index contributed by atoms with van der Waals surface area (Å²) >= 11 is 0. The van der Waals surface area contributed by atoms with E-state index in [1.165, 1.54) is 0 Å². The summed E-state index contributed by atoms with van der Waals surface area (Å²) in [4.78, 5) is 37.3. The van der Waals surface area contributed by atoms with Crippen molar-refractivity contribution < 1.29 is 29.0 Å². The molecule has 0 aromatic heterocycles. The fourth-order valence-corrected chi connectivity index (χ4v) is 3.95. The Kier molecular flexibility index (Phi) is 9.70. The lowest BCUT2D eigenvalue weighted by Crippen LogP contribution is -2.38. The van der Waals surface area contributed by atoms with Gasteiger partial charge in [0.25, 0.3) is 0 Å². The maximum absolute atomic E-state index is 12.4. The van der Waals surface area contributed by atoms with Gasteiger partial charge in [-0.05, 0) is 66.1 Å². The standard InChI is InChI=1S/C28H31N5O6/c34-26(29-22-5-1-20(2-6-22)19-21-3-7-24(8-4-21)31-27(35)36)30-23-9-11-25(12-10-23)32-28(37)39-18-15-33-13-16-38-17-14-33/h1-12,31H,13-19H2,(H,32,37)(H,35,36)(H2,29,30,34). The zero-order valence-corrected chi connectivity index (χ0v) is 21.3. The van der Waals surface area contributed by atoms with E-state index in [-0.39, 0.29) is 0 Å². The normalized spacial score (nSPS) is 13.2. The van der Waals surface area contributed by atoms with E-state index in [1.54, 1.807) is 36.4 Å². The molecule has 0 spiro atoms. The summed E-state index contributed by atoms with van der Waals surface area (Å²) in [6.07, 6.45) is -0.962. The van der Waals surface area contributed by atoms with Crippen molar-refractivity contribution >= 4 is 41.0 Å². The van der Waals surface area contributed by atoms with Gasteiger partial charge in [0.05, 0.1) is 13.2 Å². The van der Waals surface area contributed by atoms with Gasteiger partial charge in [0.1, 0.15) is 6.61 Å². The molecular formula is C28H31N5O6. The average Bonchev–Trinajstić information content (AvgIpc) is 2.92. The predicted molar refractivity (Wildman–Crippen MR) is 149 cm³/mol. The quantitative estimate of drug-likeness (QED) is 0.264. The van der Waals surface area contributed by atoms with Crippen LogP contribution in [0.5, 0.6) is 0 Å². The summed E-state index contributed by atoms with van der Waals surface area (Å²) in [6.45, 7) is 4.04. The molecule has 1 fully saturated rings. The van der Waals surface area contributed by atoms with Crippen molar-refractivity contribution in [2.75, 3.05) is 60.7 Å². The number of amides is 4. The fraction of sp³-hybridized carbons (Fsp3) is 0.250. The van der Waals surface area contributed by atoms with E-state index in [2.05, 4.69) is 26.2 Å². The first kappa shape index (κ1) is 27.4. The van der Waals surface area contributed by atoms with E-state index in [0.29, 0.717) is 55.5 Å². The molecule has 0 radical (unpaired) electrons. The SMILES string of the molecule is O=C(O)Nc1ccc(Cc2ccc(NC(=O)Nc3ccc(NC(=O)OCCN4CCOCC4)cc3)cc2)cc1. The molecular weight excluding hydrogens is 502 g/mol. The average molecular weight is 534 g/mol. The van der Waals surface area contributed by atoms with Crippen molar-refractivity contribution in [2.45, 2.75) is 6.42 Å². The fourth-order valence-electron chi connectivity index (χ4n) is 3.95. The number of carbonyl (C=O) groups excluding carboxylic acids is 2. The van der Waals surface area contributed by atoms with Crippen LogP contribution in [-0.2, 0) is 15.9 Å². The molecule has 0 bridgehead atoms. The maximum Gasteiger partial charge on any atom is 0.411 e. The van der Waals surface area contributed by atoms with Gasteiger partial charge >= 0.3 is 18.2 Å². The molecule has 3 aromatic carbocycles. The predicted octanol–water partition coefficient (Wildman–Crippen LogP) is 4.89. The number of hydrogen-bond acceptors (Lipinski definition) is 6. The summed E-state index contributed by atoms with van der Waals surface area (Å²) < 4.78 is 10.5. The van der Waals surface area contributed by atoms with E-state index in [9.17, 15) is 14.4 Å². The number of ether oxygens (including phenoxy) is 2. The number of nitrogens with one attached hydrogen (secondary N) is 4. The Morgan fingerprint density at radius 2 is 1.18 bits per heavy atom. The smallest absolute Gasteiger partial charge is 0.411 e. The molecule has 39 heavy (non-hydrogen) atoms. The van der Waals surface area contributed by atoms with Gasteiger partial charge in [0.15, 0.2) is 0 Å². The number of rotatable bonds is 9. The lowest BCUT2D eigenvalue weighted by atomic mass is 10.0. The number of anilines is 4. The highest BCUT2D eigenvalue weighted by molar-refractivity contribution is 6.00. The zero-order valence-electron chi connectivity index (χ0n) is 21.3. The van der Waals surface area contributed by atoms with Crippen LogP contribution in [0.2, 0.25) is 0 Å². The lowest BCUT2D eigenvalue weighted by molar-refractivity contribution is 0.0290. The second kappa shape index (κ2) is 13.8. The van der Waals surface area contributed by atoms with Crippen molar-refractivity contribution in [2.24, 2.45) is 0 Å². The minimum absolute atomic E-state index is 0.298. The number of carboxylic acid groups (broad SMARTS) is 1. The van der Waals surface area contributed by atoms with Gasteiger partial charge in [-0.25, -0.2) is 14.4 Å². The highest BCUT2D eigenvalue weighted by Crippen LogP contribution is 2.17. The van der Waals surface area contributed by atoms with E-state index in [4.69, 9.17) is 14.6 Å². The summed E-state index contributed by atoms with van der Waals surface area (Å²) in [5, 5.41) is 19.3. The Balaban J connectivity index is 1.18. The van der Waals surface area contributed by atoms with Gasteiger partial charge in [-0.15, -0.1) is 0 Å². The van der Waals surface area contributed by atoms with E-state index < -0.39 is 18.2 Å². The minimum Gasteiger partial charge on any atom is -0.465 e. The Morgan fingerprint density at radius 3 is 1.69 bits per heavy atom. The van der Waals surface area contributed by atoms with Crippen LogP contribution in [0.25, 0.3) is 0 Å². The third-order valence-corrected chi connectivity index (χ3v) is 5.96. The van der Waals surface area contributed by atoms with Crippen LogP contribution in [0.3, 0.4) is 0 Å². The van der Waals surface area contributed by atoms with E-state index in [1.807, 2.05) is 36.4 Å². The molecule has 204 valence electrons. The van der Waals surface area contributed by atoms with Crippen LogP contribution in [-0.4, -0.2) is 67.7 Å². The summed E-state index contributed by atoms with van der Waals surface area (Å²) in [7, 11) is 0. The largest absolute Gasteiger partial charge is 0.465 e. The molecule has 1 aliphatic heterocycles. The first-order valence-electron chi connectivity index (χ1n) is 12.5. The Morgan fingerprint density at radius 1 is 0.718 bits per heavy atom. The molecule has 0 atom stereocenters. The molecule has 1 saturated heterocycles. The lowest BCUT2D eigenvalue weighted by Gasteiger charge is -2.26. The Hall–Kier alpha value is -4.61. The van der Waals surface area contributed by atoms with Gasteiger partial charge < -0.3 is 25.2 Å². The molecule has 1 aliphatic rings. The van der Waals surface area contributed by atoms with Crippen LogP contribution in [0.4, 0.5) is 37.1 Å². The molecule has 11 nitrogen and oxygen atoms in total. The second-order valence-corrected chi connectivity index (χ2v) is 8.87. The summed E-state index contributed by atoms with van der Waals surface area (Å²) in [6, 6.07) is 20.9. The van der Waals surface area contributed by atoms with Gasteiger partial charge in [0.2, 0.25) is 0 Å². The molecule has 4 amide bonds. The molecule has 0 saturated carbocycles. The van der Waals surface area contributed by atoms with Gasteiger partial charge in [0, 0.05) is 42.4 Å².